The quantitative estimate of drug-likeness (QED) is 0.398. The normalized spacial score (nSPS) is 16.4. The minimum Gasteiger partial charge on any atom is -0.342 e. The van der Waals surface area contributed by atoms with E-state index in [9.17, 15) is 9.59 Å². The topological polar surface area (TPSA) is 115 Å². The van der Waals surface area contributed by atoms with Crippen molar-refractivity contribution in [2.75, 3.05) is 23.3 Å². The second kappa shape index (κ2) is 9.93. The summed E-state index contributed by atoms with van der Waals surface area (Å²) in [6.45, 7) is 3.41. The lowest BCUT2D eigenvalue weighted by Gasteiger charge is -2.31. The molecule has 4 heterocycles. The minimum absolute atomic E-state index is 0.0230. The maximum Gasteiger partial charge on any atom is 0.332 e. The van der Waals surface area contributed by atoms with Crippen molar-refractivity contribution in [3.05, 3.63) is 69.4 Å². The van der Waals surface area contributed by atoms with Crippen molar-refractivity contribution in [1.82, 2.24) is 18.7 Å². The van der Waals surface area contributed by atoms with Gasteiger partial charge in [0.05, 0.1) is 18.8 Å². The summed E-state index contributed by atoms with van der Waals surface area (Å²) in [4.78, 5) is 39.3. The maximum atomic E-state index is 14.0. The first-order valence-electron chi connectivity index (χ1n) is 13.1. The van der Waals surface area contributed by atoms with Gasteiger partial charge >= 0.3 is 5.69 Å². The number of imidazole rings is 1. The van der Waals surface area contributed by atoms with Crippen LogP contribution in [-0.2, 0) is 20.1 Å². The van der Waals surface area contributed by atoms with Crippen molar-refractivity contribution in [1.29, 1.82) is 0 Å². The van der Waals surface area contributed by atoms with Gasteiger partial charge in [-0.2, -0.15) is 4.98 Å². The van der Waals surface area contributed by atoms with Crippen LogP contribution in [0.3, 0.4) is 0 Å². The van der Waals surface area contributed by atoms with Gasteiger partial charge in [-0.1, -0.05) is 42.3 Å². The van der Waals surface area contributed by atoms with Crippen LogP contribution in [-0.4, -0.2) is 43.7 Å². The molecule has 0 saturated carbocycles. The molecule has 39 heavy (non-hydrogen) atoms. The average Bonchev–Trinajstić information content (AvgIpc) is 3.25. The molecule has 2 aromatic heterocycles. The van der Waals surface area contributed by atoms with Gasteiger partial charge in [-0.3, -0.25) is 18.5 Å². The van der Waals surface area contributed by atoms with E-state index >= 15 is 0 Å². The zero-order chi connectivity index (χ0) is 27.1. The van der Waals surface area contributed by atoms with Crippen molar-refractivity contribution in [3.63, 3.8) is 0 Å². The first-order valence-corrected chi connectivity index (χ1v) is 13.1. The average molecular weight is 523 g/mol. The van der Waals surface area contributed by atoms with Gasteiger partial charge in [0.2, 0.25) is 5.95 Å². The molecule has 0 amide bonds. The molecule has 4 aromatic rings. The molecule has 1 atom stereocenters. The van der Waals surface area contributed by atoms with Gasteiger partial charge in [0.15, 0.2) is 11.2 Å². The molecule has 1 unspecified atom stereocenters. The molecule has 2 aliphatic rings. The van der Waals surface area contributed by atoms with Crippen molar-refractivity contribution in [2.45, 2.75) is 38.9 Å². The maximum absolute atomic E-state index is 14.0. The van der Waals surface area contributed by atoms with Gasteiger partial charge in [-0.15, -0.1) is 5.92 Å². The Labute approximate surface area is 225 Å². The molecule has 198 valence electrons. The molecule has 0 spiro atoms. The summed E-state index contributed by atoms with van der Waals surface area (Å²) in [7, 11) is 1.64. The summed E-state index contributed by atoms with van der Waals surface area (Å²) < 4.78 is 4.46. The zero-order valence-electron chi connectivity index (χ0n) is 22.0. The lowest BCUT2D eigenvalue weighted by molar-refractivity contribution is 0.496. The van der Waals surface area contributed by atoms with E-state index in [1.165, 1.54) is 9.13 Å². The van der Waals surface area contributed by atoms with Crippen molar-refractivity contribution in [3.8, 4) is 23.0 Å². The van der Waals surface area contributed by atoms with E-state index < -0.39 is 11.2 Å². The van der Waals surface area contributed by atoms with E-state index in [0.29, 0.717) is 29.5 Å². The molecule has 10 nitrogen and oxygen atoms in total. The zero-order valence-corrected chi connectivity index (χ0v) is 22.0. The smallest absolute Gasteiger partial charge is 0.332 e. The molecule has 2 aliphatic heterocycles. The lowest BCUT2D eigenvalue weighted by atomic mass is 10.0. The van der Waals surface area contributed by atoms with Crippen LogP contribution in [0.4, 0.5) is 17.3 Å². The fraction of sp³-hybridized carbons (Fsp3) is 0.310. The molecule has 10 heteroatoms. The van der Waals surface area contributed by atoms with Crippen molar-refractivity contribution >= 4 is 34.3 Å². The minimum atomic E-state index is -0.462. The van der Waals surface area contributed by atoms with Gasteiger partial charge in [-0.05, 0) is 31.9 Å². The fourth-order valence-corrected chi connectivity index (χ4v) is 5.42. The molecular formula is C29H30N8O2. The van der Waals surface area contributed by atoms with Crippen LogP contribution in [0.15, 0.2) is 63.1 Å². The number of hydrogen-bond acceptors (Lipinski definition) is 7. The Morgan fingerprint density at radius 3 is 2.64 bits per heavy atom. The highest BCUT2D eigenvalue weighted by Crippen LogP contribution is 2.37. The molecular weight excluding hydrogens is 492 g/mol. The molecule has 1 fully saturated rings. The Balaban J connectivity index is 1.50. The van der Waals surface area contributed by atoms with Crippen LogP contribution in [0.5, 0.6) is 0 Å². The highest BCUT2D eigenvalue weighted by atomic mass is 16.2. The molecule has 2 aromatic carbocycles. The number of nitrogens with one attached hydrogen (secondary N) is 1. The number of anilines is 2. The highest BCUT2D eigenvalue weighted by molar-refractivity contribution is 6.04. The summed E-state index contributed by atoms with van der Waals surface area (Å²) >= 11 is 0. The van der Waals surface area contributed by atoms with Gasteiger partial charge in [0.1, 0.15) is 5.84 Å². The third-order valence-electron chi connectivity index (χ3n) is 7.33. The van der Waals surface area contributed by atoms with Gasteiger partial charge in [-0.25, -0.2) is 9.79 Å². The summed E-state index contributed by atoms with van der Waals surface area (Å²) in [5.41, 5.74) is 9.64. The number of aromatic nitrogens is 4. The first-order chi connectivity index (χ1) is 19.0. The Kier molecular flexibility index (Phi) is 6.29. The summed E-state index contributed by atoms with van der Waals surface area (Å²) in [6, 6.07) is 15.8. The third-order valence-corrected chi connectivity index (χ3v) is 7.33. The van der Waals surface area contributed by atoms with E-state index in [0.717, 1.165) is 41.9 Å². The summed E-state index contributed by atoms with van der Waals surface area (Å²) in [5.74, 6) is 7.09. The number of piperidine rings is 1. The van der Waals surface area contributed by atoms with Crippen LogP contribution in [0.2, 0.25) is 0 Å². The van der Waals surface area contributed by atoms with Gasteiger partial charge in [0, 0.05) is 43.0 Å². The fourth-order valence-electron chi connectivity index (χ4n) is 5.42. The monoisotopic (exact) mass is 522 g/mol. The molecule has 0 aliphatic carbocycles. The predicted molar refractivity (Wildman–Crippen MR) is 155 cm³/mol. The SMILES string of the molecule is CC#CCn1c(N2CCCC(N)C2)nc2c1c(=O)n(CC1=Nc3ccccc3-c3ccccc3N1)c(=O)n2C. The Bertz CT molecular complexity index is 1800. The number of hydrogen-bond donors (Lipinski definition) is 2. The van der Waals surface area contributed by atoms with Crippen LogP contribution < -0.4 is 27.2 Å². The number of nitrogens with two attached hydrogens (primary N) is 1. The van der Waals surface area contributed by atoms with Crippen LogP contribution in [0, 0.1) is 11.8 Å². The number of nitrogens with zero attached hydrogens (tertiary/aromatic N) is 6. The van der Waals surface area contributed by atoms with Crippen molar-refractivity contribution < 1.29 is 0 Å². The van der Waals surface area contributed by atoms with Crippen LogP contribution in [0.25, 0.3) is 22.3 Å². The van der Waals surface area contributed by atoms with Gasteiger partial charge < -0.3 is 16.0 Å². The van der Waals surface area contributed by atoms with E-state index in [1.54, 1.807) is 14.0 Å². The second-order valence-corrected chi connectivity index (χ2v) is 9.92. The van der Waals surface area contributed by atoms with E-state index in [2.05, 4.69) is 22.1 Å². The molecule has 0 radical (unpaired) electrons. The summed E-state index contributed by atoms with van der Waals surface area (Å²) in [5, 5.41) is 3.36. The molecule has 1 saturated heterocycles. The summed E-state index contributed by atoms with van der Waals surface area (Å²) in [6.07, 6.45) is 1.87. The van der Waals surface area contributed by atoms with Gasteiger partial charge in [0.25, 0.3) is 5.56 Å². The van der Waals surface area contributed by atoms with Crippen molar-refractivity contribution in [2.24, 2.45) is 17.8 Å². The molecule has 3 N–H and O–H groups in total. The highest BCUT2D eigenvalue weighted by Gasteiger charge is 2.27. The number of benzene rings is 2. The molecule has 6 rings (SSSR count). The van der Waals surface area contributed by atoms with E-state index in [4.69, 9.17) is 15.7 Å². The number of aryl methyl sites for hydroxylation is 1. The Hall–Kier alpha value is -4.62. The van der Waals surface area contributed by atoms with Crippen LogP contribution in [0.1, 0.15) is 19.8 Å². The lowest BCUT2D eigenvalue weighted by Crippen LogP contribution is -2.44. The standard InChI is InChI=1S/C29H30N8O2/c1-3-4-16-36-25-26(33-28(36)35-15-9-10-19(30)17-35)34(2)29(39)37(27(25)38)18-24-31-22-13-7-5-11-20(22)21-12-6-8-14-23(21)32-24/h5-8,11-14,19H,9-10,15-18,30H2,1-2H3,(H,31,32). The predicted octanol–water partition coefficient (Wildman–Crippen LogP) is 2.67. The number of fused-ring (bicyclic) bond motifs is 4. The van der Waals surface area contributed by atoms with Crippen LogP contribution >= 0.6 is 0 Å². The first kappa shape index (κ1) is 24.7. The van der Waals surface area contributed by atoms with E-state index in [1.807, 2.05) is 53.1 Å². The third kappa shape index (κ3) is 4.30. The molecule has 0 bridgehead atoms. The van der Waals surface area contributed by atoms with E-state index in [-0.39, 0.29) is 19.1 Å². The largest absolute Gasteiger partial charge is 0.342 e. The second-order valence-electron chi connectivity index (χ2n) is 9.92. The number of rotatable bonds is 4. The number of aliphatic imine (C=N–C) groups is 1. The Morgan fingerprint density at radius 2 is 1.85 bits per heavy atom. The number of para-hydroxylation sites is 2. The Morgan fingerprint density at radius 1 is 1.08 bits per heavy atom. The number of amidine groups is 1.